The van der Waals surface area contributed by atoms with Crippen LogP contribution in [0.4, 0.5) is 22.9 Å². The van der Waals surface area contributed by atoms with E-state index in [-0.39, 0.29) is 23.9 Å². The van der Waals surface area contributed by atoms with Crippen LogP contribution < -0.4 is 19.7 Å². The summed E-state index contributed by atoms with van der Waals surface area (Å²) in [7, 11) is 0. The number of fused-ring (bicyclic) bond motifs is 3. The van der Waals surface area contributed by atoms with E-state index in [1.165, 1.54) is 17.7 Å². The van der Waals surface area contributed by atoms with Gasteiger partial charge in [-0.2, -0.15) is 0 Å². The van der Waals surface area contributed by atoms with E-state index in [0.29, 0.717) is 11.3 Å². The SMILES string of the molecule is Cc1ccc2cc3c(nc2c1)N(c1ccc(C(=O)Nc2cc4c(cc2[N+](=O)[O-])OCO4)cc1)CC3. The molecule has 0 bridgehead atoms. The highest BCUT2D eigenvalue weighted by Gasteiger charge is 2.26. The third-order valence-corrected chi connectivity index (χ3v) is 6.27. The highest BCUT2D eigenvalue weighted by atomic mass is 16.7. The quantitative estimate of drug-likeness (QED) is 0.327. The first-order valence-corrected chi connectivity index (χ1v) is 11.1. The fourth-order valence-corrected chi connectivity index (χ4v) is 4.49. The van der Waals surface area contributed by atoms with Crippen molar-refractivity contribution in [1.29, 1.82) is 0 Å². The van der Waals surface area contributed by atoms with Gasteiger partial charge in [-0.15, -0.1) is 0 Å². The van der Waals surface area contributed by atoms with E-state index in [1.807, 2.05) is 19.1 Å². The molecule has 2 aliphatic rings. The van der Waals surface area contributed by atoms with Crippen LogP contribution in [0.3, 0.4) is 0 Å². The Hall–Kier alpha value is -4.66. The Balaban J connectivity index is 1.25. The van der Waals surface area contributed by atoms with Gasteiger partial charge in [0.2, 0.25) is 6.79 Å². The first kappa shape index (κ1) is 20.9. The maximum atomic E-state index is 12.9. The monoisotopic (exact) mass is 468 g/mol. The number of nitro benzene ring substituents is 1. The Morgan fingerprint density at radius 3 is 2.60 bits per heavy atom. The van der Waals surface area contributed by atoms with Crippen molar-refractivity contribution in [2.45, 2.75) is 13.3 Å². The lowest BCUT2D eigenvalue weighted by Crippen LogP contribution is -2.16. The molecule has 0 radical (unpaired) electrons. The van der Waals surface area contributed by atoms with Gasteiger partial charge in [0.05, 0.1) is 16.5 Å². The number of carbonyl (C=O) groups excluding carboxylic acids is 1. The van der Waals surface area contributed by atoms with Crippen molar-refractivity contribution in [3.63, 3.8) is 0 Å². The zero-order valence-electron chi connectivity index (χ0n) is 18.8. The molecule has 0 aliphatic carbocycles. The molecule has 6 rings (SSSR count). The third kappa shape index (κ3) is 3.67. The summed E-state index contributed by atoms with van der Waals surface area (Å²) in [5.41, 5.74) is 4.40. The number of ether oxygens (including phenoxy) is 2. The summed E-state index contributed by atoms with van der Waals surface area (Å²) in [6.07, 6.45) is 0.891. The highest BCUT2D eigenvalue weighted by Crippen LogP contribution is 2.41. The van der Waals surface area contributed by atoms with Crippen LogP contribution in [0.1, 0.15) is 21.5 Å². The van der Waals surface area contributed by atoms with Gasteiger partial charge in [-0.25, -0.2) is 4.98 Å². The highest BCUT2D eigenvalue weighted by molar-refractivity contribution is 6.06. The second-order valence-corrected chi connectivity index (χ2v) is 8.55. The lowest BCUT2D eigenvalue weighted by Gasteiger charge is -2.19. The summed E-state index contributed by atoms with van der Waals surface area (Å²) < 4.78 is 10.5. The average Bonchev–Trinajstić information content (AvgIpc) is 3.48. The van der Waals surface area contributed by atoms with E-state index in [2.05, 4.69) is 34.5 Å². The molecule has 174 valence electrons. The van der Waals surface area contributed by atoms with Crippen molar-refractivity contribution >= 4 is 39.7 Å². The largest absolute Gasteiger partial charge is 0.454 e. The minimum atomic E-state index is -0.566. The molecule has 1 N–H and O–H groups in total. The molecule has 9 heteroatoms. The van der Waals surface area contributed by atoms with Gasteiger partial charge in [-0.3, -0.25) is 14.9 Å². The van der Waals surface area contributed by atoms with Crippen molar-refractivity contribution in [2.75, 3.05) is 23.6 Å². The lowest BCUT2D eigenvalue weighted by atomic mass is 10.1. The number of pyridine rings is 1. The molecule has 9 nitrogen and oxygen atoms in total. The molecule has 0 unspecified atom stereocenters. The maximum absolute atomic E-state index is 12.9. The van der Waals surface area contributed by atoms with E-state index in [4.69, 9.17) is 14.5 Å². The van der Waals surface area contributed by atoms with E-state index >= 15 is 0 Å². The van der Waals surface area contributed by atoms with Crippen molar-refractivity contribution < 1.29 is 19.2 Å². The molecule has 35 heavy (non-hydrogen) atoms. The lowest BCUT2D eigenvalue weighted by molar-refractivity contribution is -0.384. The first-order valence-electron chi connectivity index (χ1n) is 11.1. The number of nitrogens with one attached hydrogen (secondary N) is 1. The number of hydrogen-bond donors (Lipinski definition) is 1. The standard InChI is InChI=1S/C26H20N4O5/c1-15-2-3-17-11-18-8-9-29(25(18)27-20(17)10-15)19-6-4-16(5-7-19)26(31)28-21-12-23-24(35-14-34-23)13-22(21)30(32)33/h2-7,10-13H,8-9,14H2,1H3,(H,28,31). The van der Waals surface area contributed by atoms with E-state index < -0.39 is 10.8 Å². The number of hydrogen-bond acceptors (Lipinski definition) is 7. The molecule has 2 aliphatic heterocycles. The Morgan fingerprint density at radius 2 is 1.83 bits per heavy atom. The van der Waals surface area contributed by atoms with E-state index in [0.717, 1.165) is 40.9 Å². The predicted octanol–water partition coefficient (Wildman–Crippen LogP) is 5.13. The van der Waals surface area contributed by atoms with E-state index in [9.17, 15) is 14.9 Å². The van der Waals surface area contributed by atoms with Gasteiger partial charge in [0, 0.05) is 29.2 Å². The minimum Gasteiger partial charge on any atom is -0.454 e. The minimum absolute atomic E-state index is 0.0186. The second-order valence-electron chi connectivity index (χ2n) is 8.55. The molecule has 0 fully saturated rings. The Bertz CT molecular complexity index is 1520. The first-order chi connectivity index (χ1) is 17.0. The fourth-order valence-electron chi connectivity index (χ4n) is 4.49. The number of nitrogens with zero attached hydrogens (tertiary/aromatic N) is 3. The number of carbonyl (C=O) groups is 1. The van der Waals surface area contributed by atoms with Gasteiger partial charge in [-0.1, -0.05) is 12.1 Å². The van der Waals surface area contributed by atoms with Crippen LogP contribution in [0.5, 0.6) is 11.5 Å². The van der Waals surface area contributed by atoms with Crippen LogP contribution in [0, 0.1) is 17.0 Å². The molecule has 1 aromatic heterocycles. The number of nitro groups is 1. The number of aryl methyl sites for hydroxylation is 1. The molecule has 0 spiro atoms. The number of aromatic nitrogens is 1. The molecule has 0 saturated heterocycles. The van der Waals surface area contributed by atoms with Crippen LogP contribution in [0.2, 0.25) is 0 Å². The Kier molecular flexibility index (Phi) is 4.77. The molecular weight excluding hydrogens is 448 g/mol. The predicted molar refractivity (Wildman–Crippen MR) is 131 cm³/mol. The second kappa shape index (κ2) is 7.98. The number of anilines is 3. The average molecular weight is 468 g/mol. The van der Waals surface area contributed by atoms with Crippen LogP contribution in [-0.2, 0) is 6.42 Å². The van der Waals surface area contributed by atoms with Crippen LogP contribution >= 0.6 is 0 Å². The number of amides is 1. The normalized spacial score (nSPS) is 13.7. The molecule has 3 aromatic carbocycles. The summed E-state index contributed by atoms with van der Waals surface area (Å²) in [5.74, 6) is 1.10. The summed E-state index contributed by atoms with van der Waals surface area (Å²) >= 11 is 0. The number of benzene rings is 3. The zero-order chi connectivity index (χ0) is 24.1. The van der Waals surface area contributed by atoms with Gasteiger partial charge in [0.15, 0.2) is 11.5 Å². The summed E-state index contributed by atoms with van der Waals surface area (Å²) in [5, 5.41) is 15.2. The molecule has 0 saturated carbocycles. The molecular formula is C26H20N4O5. The third-order valence-electron chi connectivity index (χ3n) is 6.27. The molecule has 3 heterocycles. The van der Waals surface area contributed by atoms with Crippen LogP contribution in [0.25, 0.3) is 10.9 Å². The van der Waals surface area contributed by atoms with Gasteiger partial charge < -0.3 is 19.7 Å². The van der Waals surface area contributed by atoms with E-state index in [1.54, 1.807) is 12.1 Å². The van der Waals surface area contributed by atoms with Gasteiger partial charge in [0.1, 0.15) is 11.5 Å². The zero-order valence-corrected chi connectivity index (χ0v) is 18.8. The molecule has 4 aromatic rings. The fraction of sp³-hybridized carbons (Fsp3) is 0.154. The van der Waals surface area contributed by atoms with Crippen molar-refractivity contribution in [3.8, 4) is 11.5 Å². The summed E-state index contributed by atoms with van der Waals surface area (Å²) in [4.78, 5) is 30.8. The topological polar surface area (TPSA) is 107 Å². The van der Waals surface area contributed by atoms with Crippen molar-refractivity contribution in [2.24, 2.45) is 0 Å². The van der Waals surface area contributed by atoms with Gasteiger partial charge in [-0.05, 0) is 60.9 Å². The van der Waals surface area contributed by atoms with Crippen molar-refractivity contribution in [3.05, 3.63) is 87.5 Å². The Labute approximate surface area is 200 Å². The van der Waals surface area contributed by atoms with Crippen LogP contribution in [-0.4, -0.2) is 29.2 Å². The Morgan fingerprint density at radius 1 is 1.06 bits per heavy atom. The molecule has 0 atom stereocenters. The molecule has 1 amide bonds. The van der Waals surface area contributed by atoms with Gasteiger partial charge >= 0.3 is 0 Å². The maximum Gasteiger partial charge on any atom is 0.296 e. The van der Waals surface area contributed by atoms with Crippen LogP contribution in [0.15, 0.2) is 60.7 Å². The number of rotatable bonds is 4. The van der Waals surface area contributed by atoms with Crippen molar-refractivity contribution in [1.82, 2.24) is 4.98 Å². The summed E-state index contributed by atoms with van der Waals surface area (Å²) in [6.45, 7) is 2.83. The van der Waals surface area contributed by atoms with Gasteiger partial charge in [0.25, 0.3) is 11.6 Å². The summed E-state index contributed by atoms with van der Waals surface area (Å²) in [6, 6.07) is 18.2. The smallest absolute Gasteiger partial charge is 0.296 e.